The van der Waals surface area contributed by atoms with Crippen LogP contribution in [0.3, 0.4) is 0 Å². The van der Waals surface area contributed by atoms with Crippen LogP contribution in [0.25, 0.3) is 0 Å². The maximum Gasteiger partial charge on any atom is 0.0951 e. The van der Waals surface area contributed by atoms with Crippen LogP contribution in [0.1, 0.15) is 26.2 Å². The van der Waals surface area contributed by atoms with Crippen molar-refractivity contribution < 1.29 is 9.47 Å². The number of nitrogens with one attached hydrogen (secondary N) is 1. The average molecular weight is 259 g/mol. The molecule has 0 aromatic carbocycles. The smallest absolute Gasteiger partial charge is 0.0951 e. The van der Waals surface area contributed by atoms with Gasteiger partial charge in [0.1, 0.15) is 0 Å². The molecule has 0 bridgehead atoms. The predicted octanol–water partition coefficient (Wildman–Crippen LogP) is 1.91. The molecule has 0 aromatic rings. The summed E-state index contributed by atoms with van der Waals surface area (Å²) in [7, 11) is 0. The number of ether oxygens (including phenoxy) is 2. The van der Waals surface area contributed by atoms with Crippen LogP contribution >= 0.6 is 11.8 Å². The third-order valence-corrected chi connectivity index (χ3v) is 4.67. The van der Waals surface area contributed by atoms with Gasteiger partial charge in [-0.1, -0.05) is 6.92 Å². The van der Waals surface area contributed by atoms with E-state index < -0.39 is 0 Å². The van der Waals surface area contributed by atoms with Gasteiger partial charge in [-0.25, -0.2) is 0 Å². The lowest BCUT2D eigenvalue weighted by atomic mass is 9.89. The summed E-state index contributed by atoms with van der Waals surface area (Å²) in [5, 5.41) is 3.71. The molecule has 100 valence electrons. The van der Waals surface area contributed by atoms with Crippen molar-refractivity contribution in [1.82, 2.24) is 5.32 Å². The van der Waals surface area contributed by atoms with E-state index in [1.807, 2.05) is 11.8 Å². The number of hydrogen-bond donors (Lipinski definition) is 1. The molecule has 0 radical (unpaired) electrons. The van der Waals surface area contributed by atoms with Gasteiger partial charge in [0.25, 0.3) is 0 Å². The minimum atomic E-state index is 0.0403. The van der Waals surface area contributed by atoms with Crippen LogP contribution in [-0.2, 0) is 9.47 Å². The lowest BCUT2D eigenvalue weighted by Crippen LogP contribution is -2.48. The van der Waals surface area contributed by atoms with Crippen LogP contribution in [0.5, 0.6) is 0 Å². The van der Waals surface area contributed by atoms with Gasteiger partial charge < -0.3 is 14.8 Å². The van der Waals surface area contributed by atoms with Gasteiger partial charge in [-0.2, -0.15) is 11.8 Å². The monoisotopic (exact) mass is 259 g/mol. The van der Waals surface area contributed by atoms with Gasteiger partial charge >= 0.3 is 0 Å². The van der Waals surface area contributed by atoms with Crippen molar-refractivity contribution in [2.75, 3.05) is 38.4 Å². The van der Waals surface area contributed by atoms with E-state index in [4.69, 9.17) is 9.47 Å². The van der Waals surface area contributed by atoms with Crippen molar-refractivity contribution in [2.45, 2.75) is 37.8 Å². The summed E-state index contributed by atoms with van der Waals surface area (Å²) >= 11 is 1.93. The molecule has 4 heteroatoms. The number of rotatable bonds is 5. The Balaban J connectivity index is 1.74. The minimum absolute atomic E-state index is 0.0403. The van der Waals surface area contributed by atoms with E-state index in [1.54, 1.807) is 0 Å². The molecule has 1 N–H and O–H groups in total. The molecule has 3 nitrogen and oxygen atoms in total. The molecule has 2 saturated heterocycles. The molecule has 3 atom stereocenters. The molecule has 2 aliphatic heterocycles. The highest BCUT2D eigenvalue weighted by atomic mass is 32.2. The molecule has 2 heterocycles. The molecule has 2 aliphatic rings. The first-order chi connectivity index (χ1) is 8.24. The van der Waals surface area contributed by atoms with Gasteiger partial charge in [-0.05, 0) is 37.3 Å². The summed E-state index contributed by atoms with van der Waals surface area (Å²) in [6, 6.07) is 0.620. The lowest BCUT2D eigenvalue weighted by Gasteiger charge is -2.37. The van der Waals surface area contributed by atoms with Crippen molar-refractivity contribution in [1.29, 1.82) is 0 Å². The summed E-state index contributed by atoms with van der Waals surface area (Å²) in [4.78, 5) is 0. The van der Waals surface area contributed by atoms with E-state index in [0.29, 0.717) is 6.04 Å². The van der Waals surface area contributed by atoms with Crippen molar-refractivity contribution in [3.63, 3.8) is 0 Å². The van der Waals surface area contributed by atoms with Crippen molar-refractivity contribution in [3.8, 4) is 0 Å². The van der Waals surface area contributed by atoms with Crippen molar-refractivity contribution >= 4 is 11.8 Å². The van der Waals surface area contributed by atoms with Gasteiger partial charge in [-0.15, -0.1) is 0 Å². The molecule has 0 aliphatic carbocycles. The van der Waals surface area contributed by atoms with Gasteiger partial charge in [-0.3, -0.25) is 0 Å². The van der Waals surface area contributed by atoms with E-state index in [0.717, 1.165) is 51.5 Å². The molecule has 2 fully saturated rings. The summed E-state index contributed by atoms with van der Waals surface area (Å²) < 4.78 is 11.4. The Hall–Kier alpha value is 0.230. The summed E-state index contributed by atoms with van der Waals surface area (Å²) in [5.74, 6) is 1.99. The fraction of sp³-hybridized carbons (Fsp3) is 1.00. The van der Waals surface area contributed by atoms with Crippen LogP contribution in [0.4, 0.5) is 0 Å². The Morgan fingerprint density at radius 1 is 1.47 bits per heavy atom. The van der Waals surface area contributed by atoms with Gasteiger partial charge in [0.15, 0.2) is 0 Å². The van der Waals surface area contributed by atoms with E-state index in [-0.39, 0.29) is 5.60 Å². The second kappa shape index (κ2) is 6.41. The number of hydrogen-bond acceptors (Lipinski definition) is 4. The Morgan fingerprint density at radius 2 is 2.35 bits per heavy atom. The maximum absolute atomic E-state index is 5.94. The van der Waals surface area contributed by atoms with E-state index in [1.165, 1.54) is 5.75 Å². The molecule has 0 amide bonds. The largest absolute Gasteiger partial charge is 0.378 e. The SMILES string of the molecule is CSCC(C)CNC1CCOC2(CCOC2)C1. The second-order valence-corrected chi connectivity index (χ2v) is 6.40. The van der Waals surface area contributed by atoms with E-state index >= 15 is 0 Å². The van der Waals surface area contributed by atoms with Crippen LogP contribution in [0.2, 0.25) is 0 Å². The molecular weight excluding hydrogens is 234 g/mol. The minimum Gasteiger partial charge on any atom is -0.378 e. The van der Waals surface area contributed by atoms with Crippen LogP contribution in [0.15, 0.2) is 0 Å². The zero-order chi connectivity index (χ0) is 12.1. The average Bonchev–Trinajstić information content (AvgIpc) is 2.75. The number of thioether (sulfide) groups is 1. The highest BCUT2D eigenvalue weighted by molar-refractivity contribution is 7.98. The Bertz CT molecular complexity index is 231. The fourth-order valence-corrected chi connectivity index (χ4v) is 3.46. The van der Waals surface area contributed by atoms with Gasteiger partial charge in [0, 0.05) is 25.7 Å². The standard InChI is InChI=1S/C13H25NO2S/c1-11(9-17-2)8-14-12-3-5-16-13(7-12)4-6-15-10-13/h11-12,14H,3-10H2,1-2H3. The highest BCUT2D eigenvalue weighted by Crippen LogP contribution is 2.32. The van der Waals surface area contributed by atoms with E-state index in [9.17, 15) is 0 Å². The van der Waals surface area contributed by atoms with Gasteiger partial charge in [0.05, 0.1) is 12.2 Å². The first-order valence-corrected chi connectivity index (χ1v) is 8.07. The summed E-state index contributed by atoms with van der Waals surface area (Å²) in [5.41, 5.74) is 0.0403. The Labute approximate surface area is 109 Å². The quantitative estimate of drug-likeness (QED) is 0.817. The molecule has 17 heavy (non-hydrogen) atoms. The maximum atomic E-state index is 5.94. The lowest BCUT2D eigenvalue weighted by molar-refractivity contribution is -0.0894. The highest BCUT2D eigenvalue weighted by Gasteiger charge is 2.40. The zero-order valence-corrected chi connectivity index (χ0v) is 11.9. The van der Waals surface area contributed by atoms with Gasteiger partial charge in [0.2, 0.25) is 0 Å². The van der Waals surface area contributed by atoms with Crippen molar-refractivity contribution in [3.05, 3.63) is 0 Å². The van der Waals surface area contributed by atoms with Crippen LogP contribution in [-0.4, -0.2) is 50.0 Å². The second-order valence-electron chi connectivity index (χ2n) is 5.49. The third-order valence-electron chi connectivity index (χ3n) is 3.77. The van der Waals surface area contributed by atoms with Crippen molar-refractivity contribution in [2.24, 2.45) is 5.92 Å². The van der Waals surface area contributed by atoms with Crippen LogP contribution in [0, 0.1) is 5.92 Å². The molecule has 1 spiro atoms. The Morgan fingerprint density at radius 3 is 3.06 bits per heavy atom. The first kappa shape index (κ1) is 13.7. The molecular formula is C13H25NO2S. The summed E-state index contributed by atoms with van der Waals surface area (Å²) in [6.45, 7) is 6.00. The molecule has 2 rings (SSSR count). The molecule has 3 unspecified atom stereocenters. The van der Waals surface area contributed by atoms with E-state index in [2.05, 4.69) is 18.5 Å². The Kier molecular flexibility index (Phi) is 5.15. The third kappa shape index (κ3) is 3.85. The topological polar surface area (TPSA) is 30.5 Å². The molecule has 0 saturated carbocycles. The van der Waals surface area contributed by atoms with Crippen LogP contribution < -0.4 is 5.32 Å². The fourth-order valence-electron chi connectivity index (χ4n) is 2.78. The molecule has 0 aromatic heterocycles. The predicted molar refractivity (Wildman–Crippen MR) is 72.7 cm³/mol. The zero-order valence-electron chi connectivity index (χ0n) is 11.0. The summed E-state index contributed by atoms with van der Waals surface area (Å²) in [6.07, 6.45) is 5.52. The first-order valence-electron chi connectivity index (χ1n) is 6.68. The normalized spacial score (nSPS) is 35.3.